The molecule has 0 fully saturated rings. The van der Waals surface area contributed by atoms with Gasteiger partial charge in [-0.15, -0.1) is 0 Å². The van der Waals surface area contributed by atoms with E-state index in [0.717, 1.165) is 11.6 Å². The van der Waals surface area contributed by atoms with Gasteiger partial charge in [-0.3, -0.25) is 4.98 Å². The van der Waals surface area contributed by atoms with Crippen molar-refractivity contribution in [2.24, 2.45) is 5.41 Å². The Balaban J connectivity index is 2.19. The van der Waals surface area contributed by atoms with Crippen molar-refractivity contribution in [1.82, 2.24) is 4.98 Å². The van der Waals surface area contributed by atoms with Gasteiger partial charge in [-0.05, 0) is 52.0 Å². The largest absolute Gasteiger partial charge is 0.416 e. The number of hydrogen-bond donors (Lipinski definition) is 0. The topological polar surface area (TPSA) is 12.9 Å². The van der Waals surface area contributed by atoms with Crippen LogP contribution in [-0.2, 0) is 17.0 Å². The highest BCUT2D eigenvalue weighted by atomic mass is 19.4. The highest BCUT2D eigenvalue weighted by Gasteiger charge is 2.56. The summed E-state index contributed by atoms with van der Waals surface area (Å²) >= 11 is 0. The summed E-state index contributed by atoms with van der Waals surface area (Å²) in [7, 11) is 0. The van der Waals surface area contributed by atoms with Crippen molar-refractivity contribution in [1.29, 1.82) is 0 Å². The fraction of sp³-hybridized carbons (Fsp3) is 0.500. The predicted molar refractivity (Wildman–Crippen MR) is 99.2 cm³/mol. The molecule has 0 aliphatic heterocycles. The van der Waals surface area contributed by atoms with Gasteiger partial charge >= 0.3 is 6.18 Å². The molecule has 2 aromatic rings. The first kappa shape index (κ1) is 18.9. The van der Waals surface area contributed by atoms with Crippen LogP contribution in [0.1, 0.15) is 63.8 Å². The number of benzene rings is 1. The Bertz CT molecular complexity index is 873. The molecule has 1 nitrogen and oxygen atoms in total. The Morgan fingerprint density at radius 3 is 2.00 bits per heavy atom. The van der Waals surface area contributed by atoms with Crippen LogP contribution in [0.15, 0.2) is 30.5 Å². The van der Waals surface area contributed by atoms with Crippen molar-refractivity contribution >= 4 is 0 Å². The molecule has 4 heteroatoms. The number of nitrogens with zero attached hydrogens (tertiary/aromatic N) is 1. The molecule has 0 spiro atoms. The zero-order valence-electron chi connectivity index (χ0n) is 16.5. The van der Waals surface area contributed by atoms with Crippen LogP contribution >= 0.6 is 0 Å². The molecule has 0 N–H and O–H groups in total. The summed E-state index contributed by atoms with van der Waals surface area (Å²) in [5.41, 5.74) is 2.97. The molecule has 140 valence electrons. The lowest BCUT2D eigenvalue weighted by Crippen LogP contribution is -2.42. The summed E-state index contributed by atoms with van der Waals surface area (Å²) < 4.78 is 39.8. The summed E-state index contributed by atoms with van der Waals surface area (Å²) in [4.78, 5) is 4.27. The van der Waals surface area contributed by atoms with E-state index in [-0.39, 0.29) is 21.8 Å². The number of halogens is 3. The summed E-state index contributed by atoms with van der Waals surface area (Å²) in [5.74, 6) is 0. The molecule has 0 saturated heterocycles. The second-order valence-corrected chi connectivity index (χ2v) is 9.02. The molecule has 0 unspecified atom stereocenters. The van der Waals surface area contributed by atoms with Gasteiger partial charge in [0.25, 0.3) is 0 Å². The number of pyridine rings is 1. The van der Waals surface area contributed by atoms with Gasteiger partial charge in [-0.1, -0.05) is 53.7 Å². The monoisotopic (exact) mass is 361 g/mol. The molecule has 26 heavy (non-hydrogen) atoms. The smallest absolute Gasteiger partial charge is 0.256 e. The van der Waals surface area contributed by atoms with Crippen LogP contribution in [-0.4, -0.2) is 4.98 Å². The van der Waals surface area contributed by atoms with Gasteiger partial charge in [-0.2, -0.15) is 13.2 Å². The predicted octanol–water partition coefficient (Wildman–Crippen LogP) is 6.67. The Morgan fingerprint density at radius 1 is 0.846 bits per heavy atom. The van der Waals surface area contributed by atoms with Crippen LogP contribution in [0.3, 0.4) is 0 Å². The third-order valence-corrected chi connectivity index (χ3v) is 7.20. The number of rotatable bonds is 1. The molecule has 1 aromatic carbocycles. The van der Waals surface area contributed by atoms with Crippen molar-refractivity contribution < 1.29 is 13.2 Å². The van der Waals surface area contributed by atoms with Crippen molar-refractivity contribution in [3.63, 3.8) is 0 Å². The molecule has 1 aromatic heterocycles. The number of aromatic nitrogens is 1. The van der Waals surface area contributed by atoms with E-state index in [9.17, 15) is 13.2 Å². The van der Waals surface area contributed by atoms with Gasteiger partial charge in [0, 0.05) is 11.8 Å². The number of hydrogen-bond acceptors (Lipinski definition) is 1. The van der Waals surface area contributed by atoms with Gasteiger partial charge in [0.2, 0.25) is 0 Å². The zero-order chi connectivity index (χ0) is 19.7. The van der Waals surface area contributed by atoms with E-state index in [4.69, 9.17) is 0 Å². The average Bonchev–Trinajstić information content (AvgIpc) is 2.62. The Labute approximate surface area is 153 Å². The molecule has 1 heterocycles. The minimum atomic E-state index is -4.37. The van der Waals surface area contributed by atoms with E-state index >= 15 is 0 Å². The molecule has 0 saturated carbocycles. The molecular formula is C22H26F3N. The van der Waals surface area contributed by atoms with Gasteiger partial charge in [0.1, 0.15) is 0 Å². The van der Waals surface area contributed by atoms with Crippen LogP contribution < -0.4 is 0 Å². The third-order valence-electron chi connectivity index (χ3n) is 7.20. The maximum atomic E-state index is 13.3. The highest BCUT2D eigenvalue weighted by Crippen LogP contribution is 2.61. The lowest BCUT2D eigenvalue weighted by Gasteiger charge is -2.44. The zero-order valence-corrected chi connectivity index (χ0v) is 16.5. The first-order valence-corrected chi connectivity index (χ1v) is 8.90. The summed E-state index contributed by atoms with van der Waals surface area (Å²) in [6, 6.07) is 7.16. The quantitative estimate of drug-likeness (QED) is 0.553. The lowest BCUT2D eigenvalue weighted by molar-refractivity contribution is -0.138. The van der Waals surface area contributed by atoms with E-state index in [1.807, 2.05) is 12.1 Å². The van der Waals surface area contributed by atoms with Crippen LogP contribution in [0.5, 0.6) is 0 Å². The first-order valence-electron chi connectivity index (χ1n) is 8.90. The lowest BCUT2D eigenvalue weighted by atomic mass is 9.59. The summed E-state index contributed by atoms with van der Waals surface area (Å²) in [5, 5.41) is 0. The molecule has 3 rings (SSSR count). The van der Waals surface area contributed by atoms with E-state index in [2.05, 4.69) is 52.6 Å². The molecule has 0 amide bonds. The average molecular weight is 361 g/mol. The van der Waals surface area contributed by atoms with Crippen LogP contribution in [0.4, 0.5) is 13.2 Å². The van der Waals surface area contributed by atoms with E-state index in [1.54, 1.807) is 0 Å². The fourth-order valence-electron chi connectivity index (χ4n) is 4.21. The normalized spacial score (nSPS) is 20.1. The maximum absolute atomic E-state index is 13.3. The van der Waals surface area contributed by atoms with Crippen LogP contribution in [0.25, 0.3) is 11.3 Å². The van der Waals surface area contributed by atoms with Crippen molar-refractivity contribution in [3.05, 3.63) is 52.7 Å². The second kappa shape index (κ2) is 5.34. The van der Waals surface area contributed by atoms with E-state index < -0.39 is 11.7 Å². The highest BCUT2D eigenvalue weighted by molar-refractivity contribution is 5.65. The summed E-state index contributed by atoms with van der Waals surface area (Å²) in [6.07, 6.45) is -3.06. The van der Waals surface area contributed by atoms with Crippen molar-refractivity contribution in [2.45, 2.75) is 65.5 Å². The second-order valence-electron chi connectivity index (χ2n) is 9.02. The first-order chi connectivity index (χ1) is 11.7. The molecule has 0 atom stereocenters. The van der Waals surface area contributed by atoms with Gasteiger partial charge in [0.05, 0.1) is 11.3 Å². The minimum Gasteiger partial charge on any atom is -0.256 e. The minimum absolute atomic E-state index is 0.0127. The third kappa shape index (κ3) is 2.41. The maximum Gasteiger partial charge on any atom is 0.416 e. The van der Waals surface area contributed by atoms with Gasteiger partial charge < -0.3 is 0 Å². The number of fused-ring (bicyclic) bond motifs is 1. The Hall–Kier alpha value is -1.84. The van der Waals surface area contributed by atoms with Gasteiger partial charge in [0.15, 0.2) is 0 Å². The molecule has 0 bridgehead atoms. The van der Waals surface area contributed by atoms with E-state index in [1.165, 1.54) is 24.2 Å². The van der Waals surface area contributed by atoms with E-state index in [0.29, 0.717) is 5.69 Å². The van der Waals surface area contributed by atoms with Gasteiger partial charge in [-0.25, -0.2) is 0 Å². The Kier molecular flexibility index (Phi) is 3.89. The van der Waals surface area contributed by atoms with Crippen molar-refractivity contribution in [2.75, 3.05) is 0 Å². The number of aryl methyl sites for hydroxylation is 1. The van der Waals surface area contributed by atoms with Crippen LogP contribution in [0.2, 0.25) is 0 Å². The Morgan fingerprint density at radius 2 is 1.42 bits per heavy atom. The summed E-state index contributed by atoms with van der Waals surface area (Å²) in [6.45, 7) is 14.9. The fourth-order valence-corrected chi connectivity index (χ4v) is 4.21. The molecule has 1 aliphatic rings. The SMILES string of the molecule is Cc1cnc(-c2ccc3c(c2)C(C)(C)C(C)(C)C3(C)C)cc1C(F)(F)F. The number of alkyl halides is 3. The van der Waals surface area contributed by atoms with Crippen molar-refractivity contribution in [3.8, 4) is 11.3 Å². The molecule has 0 radical (unpaired) electrons. The van der Waals surface area contributed by atoms with Crippen LogP contribution in [0, 0.1) is 12.3 Å². The standard InChI is InChI=1S/C22H26F3N/c1-13-12-26-18(11-16(13)22(23,24)25)14-8-9-15-17(10-14)20(4,5)21(6,7)19(15,2)3/h8-12H,1-7H3. The molecule has 1 aliphatic carbocycles. The molecular weight excluding hydrogens is 335 g/mol.